The summed E-state index contributed by atoms with van der Waals surface area (Å²) in [5, 5.41) is 3.02. The maximum Gasteiger partial charge on any atom is 0.225 e. The number of benzene rings is 1. The van der Waals surface area contributed by atoms with Gasteiger partial charge in [0.1, 0.15) is 5.82 Å². The number of carbonyl (C=O) groups is 2. The number of amides is 2. The number of piperidine rings is 1. The number of nitrogens with zero attached hydrogens (tertiary/aromatic N) is 2. The number of nitrogens with one attached hydrogen (secondary N) is 2. The molecule has 2 heterocycles. The van der Waals surface area contributed by atoms with Crippen molar-refractivity contribution in [3.8, 4) is 11.3 Å². The van der Waals surface area contributed by atoms with Gasteiger partial charge in [-0.15, -0.1) is 0 Å². The van der Waals surface area contributed by atoms with E-state index in [0.29, 0.717) is 6.54 Å². The first-order chi connectivity index (χ1) is 12.0. The first kappa shape index (κ1) is 17.2. The molecule has 1 aromatic heterocycles. The van der Waals surface area contributed by atoms with Gasteiger partial charge in [-0.3, -0.25) is 9.59 Å². The van der Waals surface area contributed by atoms with Crippen LogP contribution in [0.4, 0.5) is 0 Å². The van der Waals surface area contributed by atoms with Crippen LogP contribution in [0.5, 0.6) is 0 Å². The van der Waals surface area contributed by atoms with Crippen molar-refractivity contribution in [2.45, 2.75) is 32.7 Å². The molecule has 1 aliphatic rings. The largest absolute Gasteiger partial charge is 0.346 e. The molecule has 2 atom stereocenters. The molecule has 6 heteroatoms. The van der Waals surface area contributed by atoms with Gasteiger partial charge in [0.05, 0.1) is 23.9 Å². The van der Waals surface area contributed by atoms with Crippen LogP contribution in [0.1, 0.15) is 38.6 Å². The van der Waals surface area contributed by atoms with Crippen molar-refractivity contribution in [1.29, 1.82) is 0 Å². The van der Waals surface area contributed by atoms with E-state index in [9.17, 15) is 9.59 Å². The summed E-state index contributed by atoms with van der Waals surface area (Å²) in [6.07, 6.45) is 3.46. The minimum Gasteiger partial charge on any atom is -0.346 e. The molecule has 0 aliphatic carbocycles. The smallest absolute Gasteiger partial charge is 0.225 e. The Morgan fingerprint density at radius 1 is 1.32 bits per heavy atom. The third-order valence-electron chi connectivity index (χ3n) is 4.69. The molecule has 1 fully saturated rings. The maximum atomic E-state index is 12.5. The Morgan fingerprint density at radius 3 is 2.80 bits per heavy atom. The molecule has 0 saturated carbocycles. The zero-order valence-electron chi connectivity index (χ0n) is 14.7. The zero-order valence-corrected chi connectivity index (χ0v) is 14.7. The molecule has 0 bridgehead atoms. The fraction of sp³-hybridized carbons (Fsp3) is 0.421. The number of hydrogen-bond donors (Lipinski definition) is 2. The molecule has 2 N–H and O–H groups in total. The molecule has 1 saturated heterocycles. The van der Waals surface area contributed by atoms with E-state index in [0.717, 1.165) is 36.5 Å². The van der Waals surface area contributed by atoms with Crippen LogP contribution in [-0.2, 0) is 9.59 Å². The van der Waals surface area contributed by atoms with Gasteiger partial charge in [0.15, 0.2) is 0 Å². The second-order valence-corrected chi connectivity index (χ2v) is 6.58. The van der Waals surface area contributed by atoms with E-state index < -0.39 is 0 Å². The molecule has 2 amide bonds. The normalized spacial score (nSPS) is 18.6. The summed E-state index contributed by atoms with van der Waals surface area (Å²) in [7, 11) is 0. The van der Waals surface area contributed by atoms with E-state index in [1.807, 2.05) is 37.3 Å². The summed E-state index contributed by atoms with van der Waals surface area (Å²) >= 11 is 0. The van der Waals surface area contributed by atoms with E-state index >= 15 is 0 Å². The Balaban J connectivity index is 1.62. The van der Waals surface area contributed by atoms with E-state index in [1.54, 1.807) is 18.0 Å². The number of carbonyl (C=O) groups excluding carboxylic acids is 2. The molecule has 0 spiro atoms. The van der Waals surface area contributed by atoms with Gasteiger partial charge in [-0.2, -0.15) is 0 Å². The van der Waals surface area contributed by atoms with Crippen molar-refractivity contribution < 1.29 is 9.59 Å². The Labute approximate surface area is 147 Å². The van der Waals surface area contributed by atoms with E-state index in [1.165, 1.54) is 0 Å². The first-order valence-corrected chi connectivity index (χ1v) is 8.71. The average Bonchev–Trinajstić information content (AvgIpc) is 3.13. The van der Waals surface area contributed by atoms with Crippen LogP contribution in [0, 0.1) is 5.92 Å². The van der Waals surface area contributed by atoms with Crippen LogP contribution < -0.4 is 5.32 Å². The monoisotopic (exact) mass is 340 g/mol. The van der Waals surface area contributed by atoms with Crippen LogP contribution >= 0.6 is 0 Å². The number of imidazole rings is 1. The van der Waals surface area contributed by atoms with Gasteiger partial charge in [0.25, 0.3) is 0 Å². The number of H-pyrrole nitrogens is 1. The number of rotatable bonds is 4. The Hall–Kier alpha value is -2.63. The highest BCUT2D eigenvalue weighted by molar-refractivity contribution is 5.81. The molecule has 1 aromatic carbocycles. The van der Waals surface area contributed by atoms with Crippen LogP contribution in [0.15, 0.2) is 36.5 Å². The summed E-state index contributed by atoms with van der Waals surface area (Å²) in [5.41, 5.74) is 1.99. The lowest BCUT2D eigenvalue weighted by molar-refractivity contribution is -0.134. The summed E-state index contributed by atoms with van der Waals surface area (Å²) < 4.78 is 0. The highest BCUT2D eigenvalue weighted by Gasteiger charge is 2.28. The zero-order chi connectivity index (χ0) is 17.8. The van der Waals surface area contributed by atoms with Crippen LogP contribution in [0.25, 0.3) is 11.3 Å². The lowest BCUT2D eigenvalue weighted by Crippen LogP contribution is -2.45. The van der Waals surface area contributed by atoms with Crippen molar-refractivity contribution in [1.82, 2.24) is 20.2 Å². The van der Waals surface area contributed by atoms with Crippen molar-refractivity contribution in [2.75, 3.05) is 13.1 Å². The van der Waals surface area contributed by atoms with Gasteiger partial charge in [-0.1, -0.05) is 30.3 Å². The first-order valence-electron chi connectivity index (χ1n) is 8.71. The lowest BCUT2D eigenvalue weighted by atomic mass is 9.97. The summed E-state index contributed by atoms with van der Waals surface area (Å²) in [5.74, 6) is 0.593. The molecule has 132 valence electrons. The average molecular weight is 340 g/mol. The fourth-order valence-electron chi connectivity index (χ4n) is 3.20. The van der Waals surface area contributed by atoms with Crippen molar-refractivity contribution in [3.63, 3.8) is 0 Å². The van der Waals surface area contributed by atoms with Gasteiger partial charge in [-0.05, 0) is 25.3 Å². The Kier molecular flexibility index (Phi) is 5.16. The number of aromatic amines is 1. The fourth-order valence-corrected chi connectivity index (χ4v) is 3.20. The number of hydrogen-bond acceptors (Lipinski definition) is 3. The van der Waals surface area contributed by atoms with Crippen LogP contribution in [-0.4, -0.2) is 39.8 Å². The van der Waals surface area contributed by atoms with Gasteiger partial charge in [0, 0.05) is 20.0 Å². The van der Waals surface area contributed by atoms with Gasteiger partial charge in [-0.25, -0.2) is 4.98 Å². The van der Waals surface area contributed by atoms with Crippen molar-refractivity contribution >= 4 is 11.8 Å². The summed E-state index contributed by atoms with van der Waals surface area (Å²) in [4.78, 5) is 33.5. The quantitative estimate of drug-likeness (QED) is 0.898. The number of aromatic nitrogens is 2. The second-order valence-electron chi connectivity index (χ2n) is 6.58. The Morgan fingerprint density at radius 2 is 2.08 bits per heavy atom. The molecule has 3 rings (SSSR count). The maximum absolute atomic E-state index is 12.5. The van der Waals surface area contributed by atoms with E-state index in [4.69, 9.17) is 0 Å². The minimum absolute atomic E-state index is 0.0175. The van der Waals surface area contributed by atoms with Gasteiger partial charge >= 0.3 is 0 Å². The van der Waals surface area contributed by atoms with Gasteiger partial charge < -0.3 is 15.2 Å². The van der Waals surface area contributed by atoms with Crippen molar-refractivity contribution in [3.05, 3.63) is 42.4 Å². The molecular formula is C19H24N4O2. The lowest BCUT2D eigenvalue weighted by Gasteiger charge is -2.31. The molecule has 0 unspecified atom stereocenters. The molecule has 0 radical (unpaired) electrons. The third kappa shape index (κ3) is 4.07. The minimum atomic E-state index is -0.210. The van der Waals surface area contributed by atoms with Gasteiger partial charge in [0.2, 0.25) is 11.8 Å². The van der Waals surface area contributed by atoms with Crippen LogP contribution in [0.3, 0.4) is 0 Å². The van der Waals surface area contributed by atoms with Crippen molar-refractivity contribution in [2.24, 2.45) is 5.92 Å². The molecule has 2 aromatic rings. The summed E-state index contributed by atoms with van der Waals surface area (Å²) in [6, 6.07) is 9.74. The molecular weight excluding hydrogens is 316 g/mol. The predicted octanol–water partition coefficient (Wildman–Crippen LogP) is 2.51. The third-order valence-corrected chi connectivity index (χ3v) is 4.69. The second kappa shape index (κ2) is 7.51. The van der Waals surface area contributed by atoms with E-state index in [2.05, 4.69) is 15.3 Å². The van der Waals surface area contributed by atoms with Crippen LogP contribution in [0.2, 0.25) is 0 Å². The predicted molar refractivity (Wildman–Crippen MR) is 95.6 cm³/mol. The Bertz CT molecular complexity index is 741. The molecule has 6 nitrogen and oxygen atoms in total. The highest BCUT2D eigenvalue weighted by Crippen LogP contribution is 2.21. The molecule has 1 aliphatic heterocycles. The van der Waals surface area contributed by atoms with E-state index in [-0.39, 0.29) is 23.8 Å². The summed E-state index contributed by atoms with van der Waals surface area (Å²) in [6.45, 7) is 4.71. The number of likely N-dealkylation sites (tertiary alicyclic amines) is 1. The topological polar surface area (TPSA) is 78.1 Å². The highest BCUT2D eigenvalue weighted by atomic mass is 16.2. The standard InChI is InChI=1S/C19H24N4O2/c1-13(18-20-11-17(22-18)15-7-4-3-5-8-15)21-19(25)16-9-6-10-23(12-16)14(2)24/h3-5,7-8,11,13,16H,6,9-10,12H2,1-2H3,(H,20,22)(H,21,25)/t13-,16+/m0/s1. The molecule has 25 heavy (non-hydrogen) atoms. The SMILES string of the molecule is CC(=O)N1CCC[C@@H](C(=O)N[C@@H](C)c2ncc(-c3ccccc3)[nH]2)C1.